The predicted molar refractivity (Wildman–Crippen MR) is 79.1 cm³/mol. The lowest BCUT2D eigenvalue weighted by Gasteiger charge is -2.17. The van der Waals surface area contributed by atoms with E-state index in [1.807, 2.05) is 24.4 Å². The molecule has 19 heavy (non-hydrogen) atoms. The molecule has 0 fully saturated rings. The van der Waals surface area contributed by atoms with Crippen LogP contribution >= 0.6 is 0 Å². The summed E-state index contributed by atoms with van der Waals surface area (Å²) in [5, 5.41) is 0. The van der Waals surface area contributed by atoms with E-state index in [0.29, 0.717) is 11.9 Å². The molecule has 1 aromatic rings. The van der Waals surface area contributed by atoms with Gasteiger partial charge in [0, 0.05) is 25.9 Å². The van der Waals surface area contributed by atoms with Crippen LogP contribution in [0.2, 0.25) is 0 Å². The summed E-state index contributed by atoms with van der Waals surface area (Å²) in [7, 11) is 2.08. The van der Waals surface area contributed by atoms with Crippen molar-refractivity contribution < 1.29 is 0 Å². The second kappa shape index (κ2) is 5.61. The normalized spacial score (nSPS) is 21.4. The molecule has 1 aliphatic heterocycles. The number of nitrogens with two attached hydrogens (primary N) is 2. The number of hydrogen-bond donors (Lipinski definition) is 2. The highest BCUT2D eigenvalue weighted by atomic mass is 15.1. The van der Waals surface area contributed by atoms with E-state index in [4.69, 9.17) is 11.5 Å². The number of anilines is 1. The summed E-state index contributed by atoms with van der Waals surface area (Å²) in [6.07, 6.45) is 10.4. The zero-order chi connectivity index (χ0) is 13.8. The second-order valence-electron chi connectivity index (χ2n) is 4.77. The third-order valence-electron chi connectivity index (χ3n) is 3.42. The van der Waals surface area contributed by atoms with Gasteiger partial charge in [0.25, 0.3) is 0 Å². The summed E-state index contributed by atoms with van der Waals surface area (Å²) in [6, 6.07) is 4.22. The van der Waals surface area contributed by atoms with Crippen LogP contribution in [0, 0.1) is 0 Å². The van der Waals surface area contributed by atoms with E-state index in [1.165, 1.54) is 11.1 Å². The summed E-state index contributed by atoms with van der Waals surface area (Å²) < 4.78 is 0. The van der Waals surface area contributed by atoms with Crippen LogP contribution in [-0.2, 0) is 6.42 Å². The molecular formula is C15H20N4. The Morgan fingerprint density at radius 2 is 2.21 bits per heavy atom. The number of nitrogen functional groups attached to an aromatic ring is 1. The number of rotatable bonds is 3. The molecule has 0 radical (unpaired) electrons. The van der Waals surface area contributed by atoms with Gasteiger partial charge in [-0.05, 0) is 42.0 Å². The Bertz CT molecular complexity index is 526. The average molecular weight is 256 g/mol. The van der Waals surface area contributed by atoms with E-state index < -0.39 is 0 Å². The van der Waals surface area contributed by atoms with Gasteiger partial charge in [-0.15, -0.1) is 0 Å². The fraction of sp³-hybridized carbons (Fsp3) is 0.267. The van der Waals surface area contributed by atoms with Gasteiger partial charge in [0.15, 0.2) is 0 Å². The highest BCUT2D eigenvalue weighted by Crippen LogP contribution is 2.29. The van der Waals surface area contributed by atoms with Crippen LogP contribution in [0.1, 0.15) is 12.5 Å². The third kappa shape index (κ3) is 2.96. The number of pyridine rings is 1. The molecule has 1 atom stereocenters. The van der Waals surface area contributed by atoms with E-state index in [0.717, 1.165) is 12.0 Å². The lowest BCUT2D eigenvalue weighted by atomic mass is 9.97. The zero-order valence-corrected chi connectivity index (χ0v) is 11.4. The van der Waals surface area contributed by atoms with E-state index in [1.54, 1.807) is 6.20 Å². The van der Waals surface area contributed by atoms with Crippen molar-refractivity contribution in [1.82, 2.24) is 9.88 Å². The van der Waals surface area contributed by atoms with Gasteiger partial charge in [0.2, 0.25) is 0 Å². The molecule has 2 rings (SSSR count). The molecule has 1 aromatic heterocycles. The minimum atomic E-state index is 0.368. The van der Waals surface area contributed by atoms with Crippen molar-refractivity contribution in [2.45, 2.75) is 19.4 Å². The van der Waals surface area contributed by atoms with Crippen LogP contribution in [0.3, 0.4) is 0 Å². The molecule has 1 aliphatic rings. The molecule has 2 heterocycles. The molecule has 0 aromatic carbocycles. The van der Waals surface area contributed by atoms with Crippen molar-refractivity contribution in [1.29, 1.82) is 0 Å². The number of allylic oxidation sites excluding steroid dienone is 2. The van der Waals surface area contributed by atoms with Crippen LogP contribution < -0.4 is 11.5 Å². The molecule has 0 bridgehead atoms. The summed E-state index contributed by atoms with van der Waals surface area (Å²) in [6.45, 7) is 2.18. The maximum Gasteiger partial charge on any atom is 0.123 e. The van der Waals surface area contributed by atoms with Crippen molar-refractivity contribution in [3.05, 3.63) is 59.6 Å². The van der Waals surface area contributed by atoms with E-state index in [-0.39, 0.29) is 0 Å². The van der Waals surface area contributed by atoms with Gasteiger partial charge in [-0.1, -0.05) is 12.1 Å². The molecule has 0 spiro atoms. The molecule has 1 unspecified atom stereocenters. The largest absolute Gasteiger partial charge is 0.405 e. The Kier molecular flexibility index (Phi) is 3.90. The molecule has 100 valence electrons. The fourth-order valence-corrected chi connectivity index (χ4v) is 2.23. The van der Waals surface area contributed by atoms with Crippen LogP contribution in [0.25, 0.3) is 0 Å². The molecule has 4 nitrogen and oxygen atoms in total. The molecule has 4 heteroatoms. The number of hydrogen-bond acceptors (Lipinski definition) is 4. The SMILES string of the molecule is CC1/C(=C\C=C/N)C(Cc2ccc(N)nc2)=CN1C. The summed E-state index contributed by atoms with van der Waals surface area (Å²) >= 11 is 0. The Morgan fingerprint density at radius 1 is 1.42 bits per heavy atom. The number of nitrogens with zero attached hydrogens (tertiary/aromatic N) is 2. The van der Waals surface area contributed by atoms with Crippen LogP contribution in [-0.4, -0.2) is 23.0 Å². The van der Waals surface area contributed by atoms with Gasteiger partial charge in [0.1, 0.15) is 5.82 Å². The average Bonchev–Trinajstić information content (AvgIpc) is 2.66. The van der Waals surface area contributed by atoms with Crippen LogP contribution in [0.15, 0.2) is 54.0 Å². The first kappa shape index (κ1) is 13.2. The maximum absolute atomic E-state index is 5.60. The highest BCUT2D eigenvalue weighted by molar-refractivity contribution is 5.44. The molecule has 0 saturated heterocycles. The lowest BCUT2D eigenvalue weighted by Crippen LogP contribution is -2.19. The topological polar surface area (TPSA) is 68.2 Å². The Hall–Kier alpha value is -2.23. The lowest BCUT2D eigenvalue weighted by molar-refractivity contribution is 0.418. The maximum atomic E-state index is 5.60. The minimum absolute atomic E-state index is 0.368. The van der Waals surface area contributed by atoms with Gasteiger partial charge >= 0.3 is 0 Å². The van der Waals surface area contributed by atoms with Gasteiger partial charge in [0.05, 0.1) is 6.04 Å². The smallest absolute Gasteiger partial charge is 0.123 e. The van der Waals surface area contributed by atoms with Gasteiger partial charge < -0.3 is 16.4 Å². The zero-order valence-electron chi connectivity index (χ0n) is 11.4. The minimum Gasteiger partial charge on any atom is -0.405 e. The molecule has 0 aliphatic carbocycles. The first-order valence-corrected chi connectivity index (χ1v) is 6.33. The van der Waals surface area contributed by atoms with E-state index >= 15 is 0 Å². The van der Waals surface area contributed by atoms with Crippen molar-refractivity contribution in [2.75, 3.05) is 12.8 Å². The summed E-state index contributed by atoms with van der Waals surface area (Å²) in [5.74, 6) is 0.552. The van der Waals surface area contributed by atoms with Crippen LogP contribution in [0.4, 0.5) is 5.82 Å². The van der Waals surface area contributed by atoms with Crippen molar-refractivity contribution >= 4 is 5.82 Å². The monoisotopic (exact) mass is 256 g/mol. The van der Waals surface area contributed by atoms with Gasteiger partial charge in [-0.2, -0.15) is 0 Å². The van der Waals surface area contributed by atoms with Gasteiger partial charge in [-0.25, -0.2) is 4.98 Å². The number of aromatic nitrogens is 1. The van der Waals surface area contributed by atoms with E-state index in [2.05, 4.69) is 36.1 Å². The first-order valence-electron chi connectivity index (χ1n) is 6.33. The van der Waals surface area contributed by atoms with Crippen molar-refractivity contribution in [3.8, 4) is 0 Å². The molecule has 0 amide bonds. The van der Waals surface area contributed by atoms with E-state index in [9.17, 15) is 0 Å². The van der Waals surface area contributed by atoms with Crippen molar-refractivity contribution in [2.24, 2.45) is 5.73 Å². The number of likely N-dealkylation sites (N-methyl/N-ethyl adjacent to an activating group) is 1. The van der Waals surface area contributed by atoms with Gasteiger partial charge in [-0.3, -0.25) is 0 Å². The van der Waals surface area contributed by atoms with Crippen LogP contribution in [0.5, 0.6) is 0 Å². The third-order valence-corrected chi connectivity index (χ3v) is 3.42. The summed E-state index contributed by atoms with van der Waals surface area (Å²) in [4.78, 5) is 6.33. The Labute approximate surface area is 114 Å². The Morgan fingerprint density at radius 3 is 2.84 bits per heavy atom. The van der Waals surface area contributed by atoms with Crippen molar-refractivity contribution in [3.63, 3.8) is 0 Å². The quantitative estimate of drug-likeness (QED) is 0.865. The molecule has 0 saturated carbocycles. The second-order valence-corrected chi connectivity index (χ2v) is 4.77. The highest BCUT2D eigenvalue weighted by Gasteiger charge is 2.22. The Balaban J connectivity index is 2.22. The molecular weight excluding hydrogens is 236 g/mol. The molecule has 4 N–H and O–H groups in total. The first-order chi connectivity index (χ1) is 9.11. The fourth-order valence-electron chi connectivity index (χ4n) is 2.23. The standard InChI is InChI=1S/C15H20N4/c1-11-14(4-3-7-16)13(10-19(11)2)8-12-5-6-15(17)18-9-12/h3-7,9-11H,8,16H2,1-2H3,(H2,17,18)/b7-3-,14-4+. The predicted octanol–water partition coefficient (Wildman–Crippen LogP) is 1.82. The summed E-state index contributed by atoms with van der Waals surface area (Å²) in [5.41, 5.74) is 14.8.